The van der Waals surface area contributed by atoms with E-state index < -0.39 is 0 Å². The Bertz CT molecular complexity index is 847. The van der Waals surface area contributed by atoms with Crippen LogP contribution in [-0.2, 0) is 12.8 Å². The van der Waals surface area contributed by atoms with Gasteiger partial charge in [-0.25, -0.2) is 4.68 Å². The minimum Gasteiger partial charge on any atom is -0.332 e. The lowest BCUT2D eigenvalue weighted by Crippen LogP contribution is -2.24. The van der Waals surface area contributed by atoms with Crippen molar-refractivity contribution in [3.63, 3.8) is 0 Å². The van der Waals surface area contributed by atoms with Gasteiger partial charge in [-0.05, 0) is 38.6 Å². The van der Waals surface area contributed by atoms with E-state index in [0.717, 1.165) is 24.2 Å². The number of rotatable bonds is 7. The molecule has 3 rings (SSSR count). The summed E-state index contributed by atoms with van der Waals surface area (Å²) in [6, 6.07) is 7.78. The van der Waals surface area contributed by atoms with Crippen LogP contribution in [0.5, 0.6) is 0 Å². The van der Waals surface area contributed by atoms with Crippen LogP contribution in [0, 0.1) is 0 Å². The van der Waals surface area contributed by atoms with Crippen molar-refractivity contribution < 1.29 is 4.52 Å². The number of nitrogens with one attached hydrogen (secondary N) is 1. The SMILES string of the molecule is CCCc1c(-c2nc(CC(C)NC)no2)nnn1-c1cccc(Cl)c1.Cl. The normalized spacial score (nSPS) is 12.0. The van der Waals surface area contributed by atoms with Gasteiger partial charge in [-0.2, -0.15) is 4.98 Å². The first-order valence-corrected chi connectivity index (χ1v) is 8.71. The largest absolute Gasteiger partial charge is 0.332 e. The van der Waals surface area contributed by atoms with E-state index in [1.165, 1.54) is 0 Å². The van der Waals surface area contributed by atoms with E-state index in [1.54, 1.807) is 4.68 Å². The third-order valence-corrected chi connectivity index (χ3v) is 4.19. The van der Waals surface area contributed by atoms with Crippen LogP contribution in [0.1, 0.15) is 31.8 Å². The molecule has 0 amide bonds. The quantitative estimate of drug-likeness (QED) is 0.657. The smallest absolute Gasteiger partial charge is 0.280 e. The molecule has 2 aromatic heterocycles. The Hall–Kier alpha value is -1.96. The van der Waals surface area contributed by atoms with E-state index in [0.29, 0.717) is 28.9 Å². The molecule has 0 aliphatic carbocycles. The first kappa shape index (κ1) is 20.4. The molecule has 1 unspecified atom stereocenters. The molecule has 1 atom stereocenters. The van der Waals surface area contributed by atoms with Crippen LogP contribution in [-0.4, -0.2) is 38.2 Å². The fourth-order valence-corrected chi connectivity index (χ4v) is 2.74. The van der Waals surface area contributed by atoms with Crippen molar-refractivity contribution in [2.24, 2.45) is 0 Å². The van der Waals surface area contributed by atoms with Gasteiger partial charge in [0.15, 0.2) is 11.5 Å². The van der Waals surface area contributed by atoms with Gasteiger partial charge >= 0.3 is 0 Å². The zero-order chi connectivity index (χ0) is 17.8. The predicted octanol–water partition coefficient (Wildman–Crippen LogP) is 3.50. The number of benzene rings is 1. The monoisotopic (exact) mass is 396 g/mol. The van der Waals surface area contributed by atoms with Crippen LogP contribution < -0.4 is 5.32 Å². The van der Waals surface area contributed by atoms with Crippen molar-refractivity contribution in [1.82, 2.24) is 30.5 Å². The van der Waals surface area contributed by atoms with Gasteiger partial charge in [0.1, 0.15) is 0 Å². The maximum atomic E-state index is 6.11. The van der Waals surface area contributed by atoms with Crippen LogP contribution in [0.4, 0.5) is 0 Å². The Morgan fingerprint density at radius 3 is 2.85 bits per heavy atom. The first-order valence-electron chi connectivity index (χ1n) is 8.33. The predicted molar refractivity (Wildman–Crippen MR) is 103 cm³/mol. The summed E-state index contributed by atoms with van der Waals surface area (Å²) < 4.78 is 7.21. The minimum atomic E-state index is 0. The van der Waals surface area contributed by atoms with Gasteiger partial charge < -0.3 is 9.84 Å². The highest BCUT2D eigenvalue weighted by Crippen LogP contribution is 2.24. The van der Waals surface area contributed by atoms with E-state index in [4.69, 9.17) is 16.1 Å². The molecule has 26 heavy (non-hydrogen) atoms. The van der Waals surface area contributed by atoms with Crippen LogP contribution in [0.2, 0.25) is 5.02 Å². The highest BCUT2D eigenvalue weighted by Gasteiger charge is 2.21. The molecule has 1 N–H and O–H groups in total. The zero-order valence-corrected chi connectivity index (χ0v) is 16.5. The topological polar surface area (TPSA) is 81.7 Å². The molecule has 0 spiro atoms. The molecule has 3 aromatic rings. The zero-order valence-electron chi connectivity index (χ0n) is 14.9. The van der Waals surface area contributed by atoms with Crippen molar-refractivity contribution in [2.75, 3.05) is 7.05 Å². The second-order valence-electron chi connectivity index (χ2n) is 5.94. The Labute approximate surface area is 163 Å². The fourth-order valence-electron chi connectivity index (χ4n) is 2.55. The van der Waals surface area contributed by atoms with E-state index in [1.807, 2.05) is 31.3 Å². The molecule has 0 fully saturated rings. The number of likely N-dealkylation sites (N-methyl/N-ethyl adjacent to an activating group) is 1. The van der Waals surface area contributed by atoms with E-state index in [2.05, 4.69) is 39.6 Å². The molecular formula is C17H22Cl2N6O. The molecular weight excluding hydrogens is 375 g/mol. The second-order valence-corrected chi connectivity index (χ2v) is 6.37. The molecule has 0 saturated heterocycles. The van der Waals surface area contributed by atoms with Crippen LogP contribution in [0.25, 0.3) is 17.3 Å². The molecule has 140 valence electrons. The molecule has 1 aromatic carbocycles. The second kappa shape index (κ2) is 9.12. The summed E-state index contributed by atoms with van der Waals surface area (Å²) in [6.45, 7) is 4.17. The number of halogens is 2. The Morgan fingerprint density at radius 1 is 1.35 bits per heavy atom. The molecule has 0 saturated carbocycles. The number of hydrogen-bond acceptors (Lipinski definition) is 6. The van der Waals surface area contributed by atoms with Crippen molar-refractivity contribution in [3.8, 4) is 17.3 Å². The van der Waals surface area contributed by atoms with Crippen molar-refractivity contribution in [3.05, 3.63) is 40.8 Å². The summed E-state index contributed by atoms with van der Waals surface area (Å²) in [5, 5.41) is 16.4. The molecule has 9 heteroatoms. The maximum absolute atomic E-state index is 6.11. The van der Waals surface area contributed by atoms with Crippen LogP contribution in [0.15, 0.2) is 28.8 Å². The Kier molecular flexibility index (Phi) is 7.14. The summed E-state index contributed by atoms with van der Waals surface area (Å²) >= 11 is 6.11. The third-order valence-electron chi connectivity index (χ3n) is 3.95. The summed E-state index contributed by atoms with van der Waals surface area (Å²) in [7, 11) is 1.90. The lowest BCUT2D eigenvalue weighted by atomic mass is 10.2. The van der Waals surface area contributed by atoms with E-state index in [9.17, 15) is 0 Å². The molecule has 0 aliphatic rings. The average Bonchev–Trinajstić information content (AvgIpc) is 3.22. The van der Waals surface area contributed by atoms with Gasteiger partial charge in [-0.15, -0.1) is 17.5 Å². The van der Waals surface area contributed by atoms with Gasteiger partial charge in [-0.3, -0.25) is 0 Å². The number of aromatic nitrogens is 5. The van der Waals surface area contributed by atoms with Gasteiger partial charge in [0, 0.05) is 17.5 Å². The van der Waals surface area contributed by atoms with Gasteiger partial charge in [0.2, 0.25) is 0 Å². The Balaban J connectivity index is 0.00000243. The van der Waals surface area contributed by atoms with E-state index in [-0.39, 0.29) is 18.4 Å². The lowest BCUT2D eigenvalue weighted by molar-refractivity contribution is 0.416. The van der Waals surface area contributed by atoms with Crippen molar-refractivity contribution in [2.45, 2.75) is 39.2 Å². The average molecular weight is 397 g/mol. The van der Waals surface area contributed by atoms with Crippen molar-refractivity contribution >= 4 is 24.0 Å². The van der Waals surface area contributed by atoms with Gasteiger partial charge in [0.05, 0.1) is 11.4 Å². The summed E-state index contributed by atoms with van der Waals surface area (Å²) in [4.78, 5) is 4.48. The number of nitrogens with zero attached hydrogens (tertiary/aromatic N) is 5. The molecule has 0 aliphatic heterocycles. The van der Waals surface area contributed by atoms with E-state index >= 15 is 0 Å². The molecule has 0 radical (unpaired) electrons. The van der Waals surface area contributed by atoms with Gasteiger partial charge in [-0.1, -0.05) is 41.4 Å². The highest BCUT2D eigenvalue weighted by molar-refractivity contribution is 6.30. The first-order chi connectivity index (χ1) is 12.1. The molecule has 0 bridgehead atoms. The fraction of sp³-hybridized carbons (Fsp3) is 0.412. The number of hydrogen-bond donors (Lipinski definition) is 1. The molecule has 2 heterocycles. The summed E-state index contributed by atoms with van der Waals surface area (Å²) in [6.07, 6.45) is 2.42. The Morgan fingerprint density at radius 2 is 2.15 bits per heavy atom. The maximum Gasteiger partial charge on any atom is 0.280 e. The van der Waals surface area contributed by atoms with Crippen LogP contribution >= 0.6 is 24.0 Å². The summed E-state index contributed by atoms with van der Waals surface area (Å²) in [5.41, 5.74) is 2.41. The third kappa shape index (κ3) is 4.41. The molecule has 7 nitrogen and oxygen atoms in total. The van der Waals surface area contributed by atoms with Crippen LogP contribution in [0.3, 0.4) is 0 Å². The summed E-state index contributed by atoms with van der Waals surface area (Å²) in [5.74, 6) is 1.05. The lowest BCUT2D eigenvalue weighted by Gasteiger charge is -2.06. The van der Waals surface area contributed by atoms with Gasteiger partial charge in [0.25, 0.3) is 5.89 Å². The minimum absolute atomic E-state index is 0. The highest BCUT2D eigenvalue weighted by atomic mass is 35.5. The standard InChI is InChI=1S/C17H21ClN6O.ClH/c1-4-6-14-16(17-20-15(22-25-17)9-11(2)19-3)21-23-24(14)13-8-5-7-12(18)10-13;/h5,7-8,10-11,19H,4,6,9H2,1-3H3;1H. The van der Waals surface area contributed by atoms with Crippen molar-refractivity contribution in [1.29, 1.82) is 0 Å².